The third-order valence-corrected chi connectivity index (χ3v) is 3.95. The fourth-order valence-corrected chi connectivity index (χ4v) is 2.80. The monoisotopic (exact) mass is 294 g/mol. The maximum Gasteiger partial charge on any atom is 0.259 e. The topological polar surface area (TPSA) is 92.7 Å². The summed E-state index contributed by atoms with van der Waals surface area (Å²) in [5.74, 6) is -0.0553. The Morgan fingerprint density at radius 3 is 2.48 bits per heavy atom. The SMILES string of the molecule is Cc1noc(C)c1C(=O)N1CCN(C(C)C)[C@H](C(N)=O)C1. The predicted octanol–water partition coefficient (Wildman–Crippen LogP) is 0.312. The van der Waals surface area contributed by atoms with E-state index in [0.29, 0.717) is 36.7 Å². The lowest BCUT2D eigenvalue weighted by Crippen LogP contribution is -2.61. The molecule has 1 saturated heterocycles. The van der Waals surface area contributed by atoms with Crippen molar-refractivity contribution >= 4 is 11.8 Å². The molecule has 2 N–H and O–H groups in total. The summed E-state index contributed by atoms with van der Waals surface area (Å²) in [5, 5.41) is 3.80. The Morgan fingerprint density at radius 1 is 1.33 bits per heavy atom. The summed E-state index contributed by atoms with van der Waals surface area (Å²) in [6, 6.07) is -0.248. The molecule has 1 aliphatic rings. The summed E-state index contributed by atoms with van der Waals surface area (Å²) < 4.78 is 5.04. The van der Waals surface area contributed by atoms with Gasteiger partial charge in [-0.3, -0.25) is 14.5 Å². The molecule has 1 aliphatic heterocycles. The molecule has 2 heterocycles. The Balaban J connectivity index is 2.20. The van der Waals surface area contributed by atoms with Gasteiger partial charge in [0.25, 0.3) is 5.91 Å². The van der Waals surface area contributed by atoms with E-state index < -0.39 is 11.9 Å². The first-order chi connectivity index (χ1) is 9.82. The van der Waals surface area contributed by atoms with Crippen LogP contribution in [-0.2, 0) is 4.79 Å². The molecule has 1 aromatic heterocycles. The average Bonchev–Trinajstić information content (AvgIpc) is 2.76. The number of rotatable bonds is 3. The summed E-state index contributed by atoms with van der Waals surface area (Å²) in [4.78, 5) is 28.0. The molecule has 0 unspecified atom stereocenters. The number of aromatic nitrogens is 1. The Labute approximate surface area is 124 Å². The van der Waals surface area contributed by atoms with E-state index in [1.54, 1.807) is 18.7 Å². The highest BCUT2D eigenvalue weighted by atomic mass is 16.5. The molecule has 1 aromatic rings. The second-order valence-corrected chi connectivity index (χ2v) is 5.70. The zero-order chi connectivity index (χ0) is 15.7. The van der Waals surface area contributed by atoms with Gasteiger partial charge in [0.1, 0.15) is 17.4 Å². The molecule has 2 amide bonds. The van der Waals surface area contributed by atoms with Gasteiger partial charge in [-0.2, -0.15) is 0 Å². The van der Waals surface area contributed by atoms with Crippen LogP contribution in [0.1, 0.15) is 35.7 Å². The normalized spacial score (nSPS) is 20.0. The summed E-state index contributed by atoms with van der Waals surface area (Å²) >= 11 is 0. The summed E-state index contributed by atoms with van der Waals surface area (Å²) in [6.07, 6.45) is 0. The summed E-state index contributed by atoms with van der Waals surface area (Å²) in [7, 11) is 0. The molecule has 0 spiro atoms. The molecule has 7 heteroatoms. The number of nitrogens with zero attached hydrogens (tertiary/aromatic N) is 3. The van der Waals surface area contributed by atoms with E-state index in [2.05, 4.69) is 5.16 Å². The van der Waals surface area contributed by atoms with Crippen LogP contribution in [0.4, 0.5) is 0 Å². The average molecular weight is 294 g/mol. The molecule has 21 heavy (non-hydrogen) atoms. The molecular weight excluding hydrogens is 272 g/mol. The number of hydrogen-bond donors (Lipinski definition) is 1. The van der Waals surface area contributed by atoms with Crippen LogP contribution in [0.3, 0.4) is 0 Å². The minimum Gasteiger partial charge on any atom is -0.368 e. The summed E-state index contributed by atoms with van der Waals surface area (Å²) in [6.45, 7) is 8.97. The number of hydrogen-bond acceptors (Lipinski definition) is 5. The largest absolute Gasteiger partial charge is 0.368 e. The van der Waals surface area contributed by atoms with Gasteiger partial charge in [-0.05, 0) is 27.7 Å². The van der Waals surface area contributed by atoms with Crippen molar-refractivity contribution in [1.29, 1.82) is 0 Å². The number of nitrogens with two attached hydrogens (primary N) is 1. The van der Waals surface area contributed by atoms with Gasteiger partial charge in [-0.25, -0.2) is 0 Å². The van der Waals surface area contributed by atoms with E-state index in [4.69, 9.17) is 10.3 Å². The quantitative estimate of drug-likeness (QED) is 0.866. The van der Waals surface area contributed by atoms with Gasteiger partial charge in [0.15, 0.2) is 0 Å². The van der Waals surface area contributed by atoms with Crippen molar-refractivity contribution in [2.24, 2.45) is 5.73 Å². The minimum atomic E-state index is -0.455. The van der Waals surface area contributed by atoms with Gasteiger partial charge in [0.2, 0.25) is 5.91 Å². The van der Waals surface area contributed by atoms with Crippen LogP contribution < -0.4 is 5.73 Å². The standard InChI is InChI=1S/C14H22N4O3/c1-8(2)18-6-5-17(7-11(18)13(15)19)14(20)12-9(3)16-21-10(12)4/h8,11H,5-7H2,1-4H3,(H2,15,19)/t11-/m0/s1. The lowest BCUT2D eigenvalue weighted by atomic mass is 10.1. The Morgan fingerprint density at radius 2 is 2.00 bits per heavy atom. The van der Waals surface area contributed by atoms with E-state index in [9.17, 15) is 9.59 Å². The van der Waals surface area contributed by atoms with Crippen LogP contribution in [0.2, 0.25) is 0 Å². The van der Waals surface area contributed by atoms with Crippen LogP contribution in [0.25, 0.3) is 0 Å². The van der Waals surface area contributed by atoms with Crippen molar-refractivity contribution in [3.63, 3.8) is 0 Å². The molecule has 2 rings (SSSR count). The van der Waals surface area contributed by atoms with Crippen molar-refractivity contribution in [3.8, 4) is 0 Å². The van der Waals surface area contributed by atoms with Crippen molar-refractivity contribution < 1.29 is 14.1 Å². The lowest BCUT2D eigenvalue weighted by molar-refractivity contribution is -0.126. The third-order valence-electron chi connectivity index (χ3n) is 3.95. The fraction of sp³-hybridized carbons (Fsp3) is 0.643. The second kappa shape index (κ2) is 5.85. The lowest BCUT2D eigenvalue weighted by Gasteiger charge is -2.41. The van der Waals surface area contributed by atoms with E-state index in [0.717, 1.165) is 0 Å². The maximum absolute atomic E-state index is 12.6. The zero-order valence-electron chi connectivity index (χ0n) is 12.9. The zero-order valence-corrected chi connectivity index (χ0v) is 12.9. The smallest absolute Gasteiger partial charge is 0.259 e. The van der Waals surface area contributed by atoms with Crippen LogP contribution >= 0.6 is 0 Å². The van der Waals surface area contributed by atoms with Crippen LogP contribution in [-0.4, -0.2) is 58.5 Å². The maximum atomic E-state index is 12.6. The number of piperazine rings is 1. The summed E-state index contributed by atoms with van der Waals surface area (Å²) in [5.41, 5.74) is 6.54. The fourth-order valence-electron chi connectivity index (χ4n) is 2.80. The van der Waals surface area contributed by atoms with Crippen molar-refractivity contribution in [3.05, 3.63) is 17.0 Å². The van der Waals surface area contributed by atoms with Gasteiger partial charge in [0, 0.05) is 25.7 Å². The van der Waals surface area contributed by atoms with Gasteiger partial charge in [-0.1, -0.05) is 5.16 Å². The molecule has 0 radical (unpaired) electrons. The van der Waals surface area contributed by atoms with Gasteiger partial charge in [0.05, 0.1) is 5.69 Å². The Bertz CT molecular complexity index is 533. The minimum absolute atomic E-state index is 0.152. The van der Waals surface area contributed by atoms with E-state index >= 15 is 0 Å². The van der Waals surface area contributed by atoms with E-state index in [1.165, 1.54) is 0 Å². The molecule has 0 bridgehead atoms. The molecular formula is C14H22N4O3. The van der Waals surface area contributed by atoms with Crippen LogP contribution in [0, 0.1) is 13.8 Å². The Hall–Kier alpha value is -1.89. The highest BCUT2D eigenvalue weighted by Gasteiger charge is 2.35. The first-order valence-corrected chi connectivity index (χ1v) is 7.10. The highest BCUT2D eigenvalue weighted by molar-refractivity contribution is 5.96. The number of aryl methyl sites for hydroxylation is 2. The van der Waals surface area contributed by atoms with E-state index in [1.807, 2.05) is 18.7 Å². The van der Waals surface area contributed by atoms with Crippen molar-refractivity contribution in [1.82, 2.24) is 15.0 Å². The predicted molar refractivity (Wildman–Crippen MR) is 76.7 cm³/mol. The number of amides is 2. The molecule has 0 saturated carbocycles. The van der Waals surface area contributed by atoms with Crippen LogP contribution in [0.15, 0.2) is 4.52 Å². The van der Waals surface area contributed by atoms with Crippen molar-refractivity contribution in [2.45, 2.75) is 39.8 Å². The molecule has 1 fully saturated rings. The van der Waals surface area contributed by atoms with E-state index in [-0.39, 0.29) is 11.9 Å². The molecule has 1 atom stereocenters. The van der Waals surface area contributed by atoms with Crippen molar-refractivity contribution in [2.75, 3.05) is 19.6 Å². The van der Waals surface area contributed by atoms with Gasteiger partial charge >= 0.3 is 0 Å². The second-order valence-electron chi connectivity index (χ2n) is 5.70. The van der Waals surface area contributed by atoms with Gasteiger partial charge in [-0.15, -0.1) is 0 Å². The highest BCUT2D eigenvalue weighted by Crippen LogP contribution is 2.19. The molecule has 116 valence electrons. The number of carbonyl (C=O) groups is 2. The first-order valence-electron chi connectivity index (χ1n) is 7.10. The molecule has 0 aromatic carbocycles. The number of carbonyl (C=O) groups excluding carboxylic acids is 2. The Kier molecular flexibility index (Phi) is 4.32. The van der Waals surface area contributed by atoms with Crippen LogP contribution in [0.5, 0.6) is 0 Å². The molecule has 0 aliphatic carbocycles. The third kappa shape index (κ3) is 2.92. The first kappa shape index (κ1) is 15.5. The number of primary amides is 1. The molecule has 7 nitrogen and oxygen atoms in total. The van der Waals surface area contributed by atoms with Gasteiger partial charge < -0.3 is 15.2 Å².